The van der Waals surface area contributed by atoms with Gasteiger partial charge >= 0.3 is 0 Å². The molecule has 0 unspecified atom stereocenters. The highest BCUT2D eigenvalue weighted by Crippen LogP contribution is 2.23. The van der Waals surface area contributed by atoms with Crippen molar-refractivity contribution in [3.8, 4) is 10.6 Å². The average Bonchev–Trinajstić information content (AvgIpc) is 3.21. The zero-order chi connectivity index (χ0) is 21.4. The Hall–Kier alpha value is -1.98. The van der Waals surface area contributed by atoms with Gasteiger partial charge < -0.3 is 10.6 Å². The maximum Gasteiger partial charge on any atom is 0.191 e. The molecule has 0 spiro atoms. The Labute approximate surface area is 205 Å². The molecule has 1 aromatic heterocycles. The van der Waals surface area contributed by atoms with Crippen molar-refractivity contribution in [3.63, 3.8) is 0 Å². The molecule has 1 heterocycles. The van der Waals surface area contributed by atoms with Gasteiger partial charge in [0.25, 0.3) is 0 Å². The number of aliphatic imine (C=N–C) groups is 1. The van der Waals surface area contributed by atoms with Crippen molar-refractivity contribution >= 4 is 51.1 Å². The molecule has 0 radical (unpaired) electrons. The van der Waals surface area contributed by atoms with Crippen LogP contribution in [0.1, 0.15) is 18.2 Å². The molecule has 3 rings (SSSR count). The summed E-state index contributed by atoms with van der Waals surface area (Å²) < 4.78 is 23.1. The molecule has 0 aliphatic heterocycles. The number of aromatic nitrogens is 1. The fourth-order valence-corrected chi connectivity index (χ4v) is 4.27. The molecular formula is C22H27IN4O2S2. The first kappa shape index (κ1) is 25.3. The van der Waals surface area contributed by atoms with E-state index < -0.39 is 9.84 Å². The number of thiazole rings is 1. The van der Waals surface area contributed by atoms with Gasteiger partial charge in [-0.3, -0.25) is 0 Å². The van der Waals surface area contributed by atoms with Gasteiger partial charge in [-0.2, -0.15) is 0 Å². The number of benzene rings is 2. The lowest BCUT2D eigenvalue weighted by Gasteiger charge is -2.11. The van der Waals surface area contributed by atoms with Crippen LogP contribution >= 0.6 is 35.3 Å². The molecule has 3 aromatic rings. The van der Waals surface area contributed by atoms with Crippen LogP contribution in [0.3, 0.4) is 0 Å². The van der Waals surface area contributed by atoms with Crippen LogP contribution in [0.25, 0.3) is 10.6 Å². The fourth-order valence-electron chi connectivity index (χ4n) is 2.82. The zero-order valence-electron chi connectivity index (χ0n) is 17.5. The van der Waals surface area contributed by atoms with Crippen molar-refractivity contribution in [1.82, 2.24) is 15.6 Å². The molecule has 0 atom stereocenters. The molecule has 166 valence electrons. The predicted molar refractivity (Wildman–Crippen MR) is 139 cm³/mol. The minimum Gasteiger partial charge on any atom is -0.357 e. The first-order chi connectivity index (χ1) is 14.5. The largest absolute Gasteiger partial charge is 0.357 e. The zero-order valence-corrected chi connectivity index (χ0v) is 21.5. The number of rotatable bonds is 8. The molecule has 0 saturated carbocycles. The Kier molecular flexibility index (Phi) is 9.92. The monoisotopic (exact) mass is 570 g/mol. The maximum atomic E-state index is 11.5. The summed E-state index contributed by atoms with van der Waals surface area (Å²) >= 11 is 1.62. The van der Waals surface area contributed by atoms with Gasteiger partial charge in [0.15, 0.2) is 15.8 Å². The van der Waals surface area contributed by atoms with E-state index in [1.165, 1.54) is 6.26 Å². The highest BCUT2D eigenvalue weighted by Gasteiger charge is 2.07. The normalized spacial score (nSPS) is 11.6. The summed E-state index contributed by atoms with van der Waals surface area (Å²) in [6.45, 7) is 3.98. The van der Waals surface area contributed by atoms with Crippen molar-refractivity contribution in [2.75, 3.05) is 19.3 Å². The number of hydrogen-bond donors (Lipinski definition) is 2. The third kappa shape index (κ3) is 7.89. The molecule has 0 amide bonds. The molecule has 9 heteroatoms. The van der Waals surface area contributed by atoms with E-state index in [1.807, 2.05) is 42.6 Å². The summed E-state index contributed by atoms with van der Waals surface area (Å²) in [5, 5.41) is 9.60. The second-order valence-electron chi connectivity index (χ2n) is 6.80. The van der Waals surface area contributed by atoms with Gasteiger partial charge in [-0.25, -0.2) is 18.4 Å². The lowest BCUT2D eigenvalue weighted by Crippen LogP contribution is -2.38. The second kappa shape index (κ2) is 12.2. The highest BCUT2D eigenvalue weighted by atomic mass is 127. The summed E-state index contributed by atoms with van der Waals surface area (Å²) in [7, 11) is -3.16. The molecule has 6 nitrogen and oxygen atoms in total. The van der Waals surface area contributed by atoms with E-state index in [1.54, 1.807) is 23.5 Å². The Morgan fingerprint density at radius 2 is 1.77 bits per heavy atom. The minimum atomic E-state index is -3.16. The second-order valence-corrected chi connectivity index (χ2v) is 9.67. The maximum absolute atomic E-state index is 11.5. The highest BCUT2D eigenvalue weighted by molar-refractivity contribution is 14.0. The predicted octanol–water partition coefficient (Wildman–Crippen LogP) is 4.13. The standard InChI is InChI=1S/C22H26N4O2S2.HI/c1-3-23-22(24-14-13-17-9-11-20(12-10-17)30(2,27)28)25-15-19-16-29-21(26-19)18-7-5-4-6-8-18;/h4-12,16H,3,13-15H2,1-2H3,(H2,23,24,25);1H. The number of guanidine groups is 1. The Morgan fingerprint density at radius 1 is 1.06 bits per heavy atom. The van der Waals surface area contributed by atoms with Crippen molar-refractivity contribution in [2.24, 2.45) is 4.99 Å². The van der Waals surface area contributed by atoms with Gasteiger partial charge in [0.1, 0.15) is 5.01 Å². The van der Waals surface area contributed by atoms with Crippen molar-refractivity contribution in [1.29, 1.82) is 0 Å². The molecule has 0 saturated heterocycles. The van der Waals surface area contributed by atoms with Gasteiger partial charge in [0.2, 0.25) is 0 Å². The van der Waals surface area contributed by atoms with E-state index in [9.17, 15) is 8.42 Å². The first-order valence-corrected chi connectivity index (χ1v) is 12.5. The number of nitrogens with one attached hydrogen (secondary N) is 2. The number of nitrogens with zero attached hydrogens (tertiary/aromatic N) is 2. The summed E-state index contributed by atoms with van der Waals surface area (Å²) in [5.74, 6) is 0.736. The van der Waals surface area contributed by atoms with Crippen LogP contribution in [-0.4, -0.2) is 38.7 Å². The summed E-state index contributed by atoms with van der Waals surface area (Å²) in [5.41, 5.74) is 3.12. The number of halogens is 1. The van der Waals surface area contributed by atoms with Crippen molar-refractivity contribution in [2.45, 2.75) is 24.8 Å². The lowest BCUT2D eigenvalue weighted by atomic mass is 10.1. The smallest absolute Gasteiger partial charge is 0.191 e. The van der Waals surface area contributed by atoms with E-state index in [2.05, 4.69) is 32.7 Å². The van der Waals surface area contributed by atoms with Gasteiger partial charge in [-0.15, -0.1) is 35.3 Å². The van der Waals surface area contributed by atoms with Gasteiger partial charge in [-0.1, -0.05) is 42.5 Å². The summed E-state index contributed by atoms with van der Waals surface area (Å²) in [4.78, 5) is 9.64. The fraction of sp³-hybridized carbons (Fsp3) is 0.273. The SMILES string of the molecule is CCNC(=NCc1csc(-c2ccccc2)n1)NCCc1ccc(S(C)(=O)=O)cc1.I. The van der Waals surface area contributed by atoms with Crippen molar-refractivity contribution in [3.05, 3.63) is 71.2 Å². The van der Waals surface area contributed by atoms with E-state index in [0.717, 1.165) is 40.8 Å². The number of hydrogen-bond acceptors (Lipinski definition) is 5. The molecule has 0 fully saturated rings. The van der Waals surface area contributed by atoms with Gasteiger partial charge in [0.05, 0.1) is 17.1 Å². The van der Waals surface area contributed by atoms with Crippen molar-refractivity contribution < 1.29 is 8.42 Å². The Morgan fingerprint density at radius 3 is 2.42 bits per heavy atom. The third-order valence-electron chi connectivity index (χ3n) is 4.37. The molecular weight excluding hydrogens is 543 g/mol. The van der Waals surface area contributed by atoms with Gasteiger partial charge in [-0.05, 0) is 31.0 Å². The molecule has 2 aromatic carbocycles. The van der Waals surface area contributed by atoms with Gasteiger partial charge in [0, 0.05) is 30.3 Å². The molecule has 0 bridgehead atoms. The molecule has 31 heavy (non-hydrogen) atoms. The summed E-state index contributed by atoms with van der Waals surface area (Å²) in [6, 6.07) is 17.1. The van der Waals surface area contributed by atoms with E-state index in [4.69, 9.17) is 0 Å². The Balaban J connectivity index is 0.00000341. The molecule has 0 aliphatic carbocycles. The van der Waals surface area contributed by atoms with Crippen LogP contribution in [-0.2, 0) is 22.8 Å². The van der Waals surface area contributed by atoms with Crippen LogP contribution < -0.4 is 10.6 Å². The Bertz CT molecular complexity index is 1080. The van der Waals surface area contributed by atoms with Crippen LogP contribution in [0.15, 0.2) is 69.9 Å². The number of sulfone groups is 1. The van der Waals surface area contributed by atoms with Crippen LogP contribution in [0.4, 0.5) is 0 Å². The minimum absolute atomic E-state index is 0. The lowest BCUT2D eigenvalue weighted by molar-refractivity contribution is 0.602. The average molecular weight is 571 g/mol. The van der Waals surface area contributed by atoms with E-state index in [-0.39, 0.29) is 24.0 Å². The third-order valence-corrected chi connectivity index (χ3v) is 6.44. The van der Waals surface area contributed by atoms with Crippen LogP contribution in [0.2, 0.25) is 0 Å². The van der Waals surface area contributed by atoms with Crippen LogP contribution in [0.5, 0.6) is 0 Å². The van der Waals surface area contributed by atoms with E-state index in [0.29, 0.717) is 18.0 Å². The first-order valence-electron chi connectivity index (χ1n) is 9.76. The summed E-state index contributed by atoms with van der Waals surface area (Å²) in [6.07, 6.45) is 1.98. The molecule has 0 aliphatic rings. The van der Waals surface area contributed by atoms with E-state index >= 15 is 0 Å². The van der Waals surface area contributed by atoms with Crippen LogP contribution in [0, 0.1) is 0 Å². The quantitative estimate of drug-likeness (QED) is 0.242. The molecule has 2 N–H and O–H groups in total. The topological polar surface area (TPSA) is 83.4 Å².